The fraction of sp³-hybridized carbons (Fsp3) is 0.316. The van der Waals surface area contributed by atoms with Crippen LogP contribution in [0.2, 0.25) is 0 Å². The molecule has 0 radical (unpaired) electrons. The maximum atomic E-state index is 12.4. The predicted molar refractivity (Wildman–Crippen MR) is 96.2 cm³/mol. The van der Waals surface area contributed by atoms with Crippen LogP contribution in [0.15, 0.2) is 42.5 Å². The van der Waals surface area contributed by atoms with Crippen molar-refractivity contribution in [2.24, 2.45) is 0 Å². The molecular weight excluding hydrogens is 338 g/mol. The van der Waals surface area contributed by atoms with Gasteiger partial charge in [-0.2, -0.15) is 0 Å². The monoisotopic (exact) mass is 357 g/mol. The molecule has 0 saturated carbocycles. The molecule has 1 amide bonds. The first kappa shape index (κ1) is 16.1. The Balaban J connectivity index is 1.51. The number of nitrogens with zero attached hydrogens (tertiary/aromatic N) is 1. The van der Waals surface area contributed by atoms with Crippen LogP contribution in [0.25, 0.3) is 0 Å². The third-order valence-electron chi connectivity index (χ3n) is 4.45. The number of hydrogen-bond acceptors (Lipinski definition) is 5. The average Bonchev–Trinajstić information content (AvgIpc) is 3.25. The van der Waals surface area contributed by atoms with Crippen LogP contribution in [-0.4, -0.2) is 37.0 Å². The number of rotatable bonds is 5. The number of methoxy groups -OCH3 is 1. The molecule has 5 nitrogen and oxygen atoms in total. The highest BCUT2D eigenvalue weighted by molar-refractivity contribution is 8.00. The SMILES string of the molecule is COc1ccccc1C1SCC(=O)N1CCc1ccc2c(c1)OCO2. The van der Waals surface area contributed by atoms with Crippen LogP contribution in [0.1, 0.15) is 16.5 Å². The summed E-state index contributed by atoms with van der Waals surface area (Å²) in [4.78, 5) is 14.3. The Morgan fingerprint density at radius 2 is 2.04 bits per heavy atom. The summed E-state index contributed by atoms with van der Waals surface area (Å²) in [5.41, 5.74) is 2.18. The summed E-state index contributed by atoms with van der Waals surface area (Å²) in [7, 11) is 1.66. The largest absolute Gasteiger partial charge is 0.496 e. The zero-order valence-corrected chi connectivity index (χ0v) is 14.8. The van der Waals surface area contributed by atoms with Gasteiger partial charge >= 0.3 is 0 Å². The first-order chi connectivity index (χ1) is 12.3. The minimum Gasteiger partial charge on any atom is -0.496 e. The van der Waals surface area contributed by atoms with Crippen molar-refractivity contribution in [3.05, 3.63) is 53.6 Å². The van der Waals surface area contributed by atoms with Crippen LogP contribution in [0.5, 0.6) is 17.2 Å². The highest BCUT2D eigenvalue weighted by atomic mass is 32.2. The van der Waals surface area contributed by atoms with Crippen molar-refractivity contribution in [3.63, 3.8) is 0 Å². The molecule has 2 aliphatic rings. The lowest BCUT2D eigenvalue weighted by molar-refractivity contribution is -0.128. The number of benzene rings is 2. The van der Waals surface area contributed by atoms with E-state index in [9.17, 15) is 4.79 Å². The summed E-state index contributed by atoms with van der Waals surface area (Å²) in [5.74, 6) is 3.05. The van der Waals surface area contributed by atoms with Gasteiger partial charge < -0.3 is 19.1 Å². The summed E-state index contributed by atoms with van der Waals surface area (Å²) in [6, 6.07) is 13.8. The smallest absolute Gasteiger partial charge is 0.233 e. The van der Waals surface area contributed by atoms with Crippen molar-refractivity contribution in [2.75, 3.05) is 26.2 Å². The van der Waals surface area contributed by atoms with Crippen LogP contribution < -0.4 is 14.2 Å². The zero-order valence-electron chi connectivity index (χ0n) is 13.9. The van der Waals surface area contributed by atoms with E-state index in [0.717, 1.165) is 34.8 Å². The van der Waals surface area contributed by atoms with E-state index in [1.54, 1.807) is 18.9 Å². The number of para-hydroxylation sites is 1. The van der Waals surface area contributed by atoms with Crippen LogP contribution in [-0.2, 0) is 11.2 Å². The lowest BCUT2D eigenvalue weighted by Gasteiger charge is -2.25. The van der Waals surface area contributed by atoms with Gasteiger partial charge in [0.2, 0.25) is 12.7 Å². The van der Waals surface area contributed by atoms with Crippen molar-refractivity contribution < 1.29 is 19.0 Å². The van der Waals surface area contributed by atoms with Gasteiger partial charge in [0, 0.05) is 12.1 Å². The molecule has 2 heterocycles. The molecule has 0 aliphatic carbocycles. The molecule has 130 valence electrons. The molecule has 0 bridgehead atoms. The van der Waals surface area contributed by atoms with Gasteiger partial charge in [-0.1, -0.05) is 24.3 Å². The van der Waals surface area contributed by atoms with E-state index in [-0.39, 0.29) is 18.1 Å². The first-order valence-corrected chi connectivity index (χ1v) is 9.23. The summed E-state index contributed by atoms with van der Waals surface area (Å²) < 4.78 is 16.2. The second-order valence-electron chi connectivity index (χ2n) is 5.93. The average molecular weight is 357 g/mol. The van der Waals surface area contributed by atoms with Gasteiger partial charge in [0.15, 0.2) is 11.5 Å². The summed E-state index contributed by atoms with van der Waals surface area (Å²) >= 11 is 1.65. The third-order valence-corrected chi connectivity index (χ3v) is 5.69. The number of ether oxygens (including phenoxy) is 3. The topological polar surface area (TPSA) is 48.0 Å². The normalized spacial score (nSPS) is 18.7. The van der Waals surface area contributed by atoms with E-state index in [0.29, 0.717) is 12.3 Å². The molecule has 1 fully saturated rings. The third kappa shape index (κ3) is 3.14. The molecule has 4 rings (SSSR count). The molecule has 0 N–H and O–H groups in total. The van der Waals surface area contributed by atoms with Gasteiger partial charge in [0.25, 0.3) is 0 Å². The molecule has 0 spiro atoms. The van der Waals surface area contributed by atoms with E-state index in [1.807, 2.05) is 47.4 Å². The molecule has 0 aromatic heterocycles. The summed E-state index contributed by atoms with van der Waals surface area (Å²) in [5, 5.41) is -0.00217. The van der Waals surface area contributed by atoms with Gasteiger partial charge in [0.05, 0.1) is 12.9 Å². The summed E-state index contributed by atoms with van der Waals surface area (Å²) in [6.07, 6.45) is 0.772. The van der Waals surface area contributed by atoms with Crippen molar-refractivity contribution in [2.45, 2.75) is 11.8 Å². The maximum Gasteiger partial charge on any atom is 0.233 e. The Morgan fingerprint density at radius 1 is 1.20 bits per heavy atom. The van der Waals surface area contributed by atoms with Crippen molar-refractivity contribution in [1.29, 1.82) is 0 Å². The number of fused-ring (bicyclic) bond motifs is 1. The van der Waals surface area contributed by atoms with Crippen LogP contribution in [0.3, 0.4) is 0 Å². The highest BCUT2D eigenvalue weighted by Gasteiger charge is 2.34. The van der Waals surface area contributed by atoms with Gasteiger partial charge in [-0.05, 0) is 30.2 Å². The van der Waals surface area contributed by atoms with Gasteiger partial charge in [-0.25, -0.2) is 0 Å². The summed E-state index contributed by atoms with van der Waals surface area (Å²) in [6.45, 7) is 0.935. The zero-order chi connectivity index (χ0) is 17.2. The molecule has 2 aromatic carbocycles. The minimum atomic E-state index is -0.00217. The van der Waals surface area contributed by atoms with E-state index >= 15 is 0 Å². The number of thioether (sulfide) groups is 1. The van der Waals surface area contributed by atoms with Gasteiger partial charge in [-0.3, -0.25) is 4.79 Å². The predicted octanol–water partition coefficient (Wildman–Crippen LogP) is 3.24. The van der Waals surface area contributed by atoms with Gasteiger partial charge in [-0.15, -0.1) is 11.8 Å². The van der Waals surface area contributed by atoms with E-state index in [2.05, 4.69) is 0 Å². The molecule has 6 heteroatoms. The number of hydrogen-bond donors (Lipinski definition) is 0. The fourth-order valence-corrected chi connectivity index (χ4v) is 4.41. The second kappa shape index (κ2) is 6.88. The minimum absolute atomic E-state index is 0.00217. The molecule has 1 atom stereocenters. The Morgan fingerprint density at radius 3 is 2.92 bits per heavy atom. The van der Waals surface area contributed by atoms with E-state index < -0.39 is 0 Å². The maximum absolute atomic E-state index is 12.4. The quantitative estimate of drug-likeness (QED) is 0.822. The molecule has 1 unspecified atom stereocenters. The van der Waals surface area contributed by atoms with Crippen molar-refractivity contribution >= 4 is 17.7 Å². The highest BCUT2D eigenvalue weighted by Crippen LogP contribution is 2.42. The molecule has 1 saturated heterocycles. The fourth-order valence-electron chi connectivity index (χ4n) is 3.17. The lowest BCUT2D eigenvalue weighted by Crippen LogP contribution is -2.30. The Hall–Kier alpha value is -2.34. The number of carbonyl (C=O) groups excluding carboxylic acids is 1. The van der Waals surface area contributed by atoms with Crippen molar-refractivity contribution in [1.82, 2.24) is 4.90 Å². The lowest BCUT2D eigenvalue weighted by atomic mass is 10.1. The number of carbonyl (C=O) groups is 1. The van der Waals surface area contributed by atoms with Crippen LogP contribution in [0, 0.1) is 0 Å². The molecular formula is C19H19NO4S. The standard InChI is InChI=1S/C19H19NO4S/c1-22-15-5-3-2-4-14(15)19-20(18(21)11-25-19)9-8-13-6-7-16-17(10-13)24-12-23-16/h2-7,10,19H,8-9,11-12H2,1H3. The molecule has 2 aliphatic heterocycles. The molecule has 2 aromatic rings. The Labute approximate surface area is 150 Å². The van der Waals surface area contributed by atoms with Crippen molar-refractivity contribution in [3.8, 4) is 17.2 Å². The van der Waals surface area contributed by atoms with Crippen LogP contribution >= 0.6 is 11.8 Å². The van der Waals surface area contributed by atoms with Crippen LogP contribution in [0.4, 0.5) is 0 Å². The Bertz CT molecular complexity index is 795. The second-order valence-corrected chi connectivity index (χ2v) is 7.00. The first-order valence-electron chi connectivity index (χ1n) is 8.19. The molecule has 25 heavy (non-hydrogen) atoms. The van der Waals surface area contributed by atoms with E-state index in [4.69, 9.17) is 14.2 Å². The van der Waals surface area contributed by atoms with E-state index in [1.165, 1.54) is 0 Å². The Kier molecular flexibility index (Phi) is 4.44. The van der Waals surface area contributed by atoms with Gasteiger partial charge in [0.1, 0.15) is 11.1 Å². The number of amides is 1.